The van der Waals surface area contributed by atoms with E-state index in [4.69, 9.17) is 17.0 Å². The Hall–Kier alpha value is -1.13. The van der Waals surface area contributed by atoms with E-state index in [-0.39, 0.29) is 0 Å². The lowest BCUT2D eigenvalue weighted by Crippen LogP contribution is -2.34. The molecule has 2 rings (SSSR count). The summed E-state index contributed by atoms with van der Waals surface area (Å²) < 4.78 is 5.53. The Morgan fingerprint density at radius 1 is 1.39 bits per heavy atom. The van der Waals surface area contributed by atoms with Crippen molar-refractivity contribution in [1.82, 2.24) is 5.32 Å². The predicted molar refractivity (Wildman–Crippen MR) is 79.0 cm³/mol. The van der Waals surface area contributed by atoms with Crippen molar-refractivity contribution in [2.45, 2.75) is 32.3 Å². The molecular formula is C14H20N2OS. The van der Waals surface area contributed by atoms with Crippen molar-refractivity contribution in [2.75, 3.05) is 18.5 Å². The summed E-state index contributed by atoms with van der Waals surface area (Å²) in [6.45, 7) is 3.82. The molecule has 2 N–H and O–H groups in total. The Morgan fingerprint density at radius 2 is 2.17 bits per heavy atom. The third-order valence-electron chi connectivity index (χ3n) is 3.13. The van der Waals surface area contributed by atoms with Crippen molar-refractivity contribution in [3.8, 4) is 0 Å². The summed E-state index contributed by atoms with van der Waals surface area (Å²) in [7, 11) is 0. The summed E-state index contributed by atoms with van der Waals surface area (Å²) in [4.78, 5) is 0. The molecule has 98 valence electrons. The summed E-state index contributed by atoms with van der Waals surface area (Å²) in [5.41, 5.74) is 2.36. The molecule has 3 nitrogen and oxygen atoms in total. The van der Waals surface area contributed by atoms with Gasteiger partial charge in [-0.25, -0.2) is 0 Å². The minimum atomic E-state index is 0.312. The lowest BCUT2D eigenvalue weighted by molar-refractivity contribution is 0.114. The number of anilines is 1. The third-order valence-corrected chi connectivity index (χ3v) is 3.38. The fraction of sp³-hybridized carbons (Fsp3) is 0.500. The smallest absolute Gasteiger partial charge is 0.170 e. The summed E-state index contributed by atoms with van der Waals surface area (Å²) in [6, 6.07) is 8.34. The molecule has 0 amide bonds. The number of hydrogen-bond acceptors (Lipinski definition) is 2. The predicted octanol–water partition coefficient (Wildman–Crippen LogP) is 2.71. The minimum absolute atomic E-state index is 0.312. The lowest BCUT2D eigenvalue weighted by atomic mass is 10.1. The molecule has 0 aromatic heterocycles. The van der Waals surface area contributed by atoms with E-state index in [2.05, 4.69) is 41.8 Å². The SMILES string of the molecule is CCc1ccc(NC(=S)NC[C@H]2CCCO2)cc1. The minimum Gasteiger partial charge on any atom is -0.376 e. The topological polar surface area (TPSA) is 33.3 Å². The van der Waals surface area contributed by atoms with Crippen LogP contribution in [-0.4, -0.2) is 24.4 Å². The van der Waals surface area contributed by atoms with E-state index in [9.17, 15) is 0 Å². The number of hydrogen-bond donors (Lipinski definition) is 2. The Morgan fingerprint density at radius 3 is 2.78 bits per heavy atom. The van der Waals surface area contributed by atoms with E-state index < -0.39 is 0 Å². The van der Waals surface area contributed by atoms with Crippen LogP contribution in [0, 0.1) is 0 Å². The second-order valence-corrected chi connectivity index (χ2v) is 4.93. The van der Waals surface area contributed by atoms with Crippen molar-refractivity contribution in [2.24, 2.45) is 0 Å². The van der Waals surface area contributed by atoms with Gasteiger partial charge < -0.3 is 15.4 Å². The van der Waals surface area contributed by atoms with Crippen LogP contribution in [0.4, 0.5) is 5.69 Å². The van der Waals surface area contributed by atoms with Crippen LogP contribution in [0.3, 0.4) is 0 Å². The molecule has 0 spiro atoms. The molecule has 1 aromatic carbocycles. The first-order valence-corrected chi connectivity index (χ1v) is 6.94. The monoisotopic (exact) mass is 264 g/mol. The maximum absolute atomic E-state index is 5.53. The van der Waals surface area contributed by atoms with E-state index in [1.54, 1.807) is 0 Å². The molecule has 1 aliphatic rings. The van der Waals surface area contributed by atoms with E-state index >= 15 is 0 Å². The van der Waals surface area contributed by atoms with Gasteiger partial charge in [0.1, 0.15) is 0 Å². The summed E-state index contributed by atoms with van der Waals surface area (Å²) in [5.74, 6) is 0. The number of aryl methyl sites for hydroxylation is 1. The summed E-state index contributed by atoms with van der Waals surface area (Å²) >= 11 is 5.25. The molecule has 0 unspecified atom stereocenters. The van der Waals surface area contributed by atoms with Crippen LogP contribution in [0.1, 0.15) is 25.3 Å². The number of ether oxygens (including phenoxy) is 1. The molecule has 1 heterocycles. The van der Waals surface area contributed by atoms with Crippen LogP contribution >= 0.6 is 12.2 Å². The van der Waals surface area contributed by atoms with Gasteiger partial charge in [0.2, 0.25) is 0 Å². The normalized spacial score (nSPS) is 18.6. The highest BCUT2D eigenvalue weighted by Crippen LogP contribution is 2.11. The van der Waals surface area contributed by atoms with Gasteiger partial charge in [0.25, 0.3) is 0 Å². The summed E-state index contributed by atoms with van der Waals surface area (Å²) in [6.07, 6.45) is 3.65. The number of rotatable bonds is 4. The first-order chi connectivity index (χ1) is 8.78. The molecule has 1 aliphatic heterocycles. The Balaban J connectivity index is 1.75. The molecule has 1 aromatic rings. The first kappa shape index (κ1) is 13.3. The van der Waals surface area contributed by atoms with Crippen molar-refractivity contribution in [1.29, 1.82) is 0 Å². The van der Waals surface area contributed by atoms with Crippen molar-refractivity contribution in [3.05, 3.63) is 29.8 Å². The van der Waals surface area contributed by atoms with E-state index in [0.717, 1.165) is 38.1 Å². The van der Waals surface area contributed by atoms with Gasteiger partial charge >= 0.3 is 0 Å². The molecule has 4 heteroatoms. The standard InChI is InChI=1S/C14H20N2OS/c1-2-11-5-7-12(8-6-11)16-14(18)15-10-13-4-3-9-17-13/h5-8,13H,2-4,9-10H2,1H3,(H2,15,16,18)/t13-/m1/s1. The van der Waals surface area contributed by atoms with Gasteiger partial charge in [-0.3, -0.25) is 0 Å². The van der Waals surface area contributed by atoms with Crippen LogP contribution in [0.5, 0.6) is 0 Å². The largest absolute Gasteiger partial charge is 0.376 e. The van der Waals surface area contributed by atoms with Crippen LogP contribution in [0.25, 0.3) is 0 Å². The average molecular weight is 264 g/mol. The van der Waals surface area contributed by atoms with Crippen molar-refractivity contribution >= 4 is 23.0 Å². The van der Waals surface area contributed by atoms with Gasteiger partial charge in [0.05, 0.1) is 6.10 Å². The number of benzene rings is 1. The second kappa shape index (κ2) is 6.71. The highest BCUT2D eigenvalue weighted by Gasteiger charge is 2.15. The number of nitrogens with one attached hydrogen (secondary N) is 2. The van der Waals surface area contributed by atoms with Gasteiger partial charge in [0, 0.05) is 18.8 Å². The summed E-state index contributed by atoms with van der Waals surface area (Å²) in [5, 5.41) is 7.04. The second-order valence-electron chi connectivity index (χ2n) is 4.52. The molecule has 0 saturated carbocycles. The molecular weight excluding hydrogens is 244 g/mol. The van der Waals surface area contributed by atoms with Crippen LogP contribution < -0.4 is 10.6 Å². The quantitative estimate of drug-likeness (QED) is 0.819. The maximum Gasteiger partial charge on any atom is 0.170 e. The van der Waals surface area contributed by atoms with E-state index in [0.29, 0.717) is 11.2 Å². The zero-order valence-corrected chi connectivity index (χ0v) is 11.6. The molecule has 0 bridgehead atoms. The van der Waals surface area contributed by atoms with Crippen LogP contribution in [0.15, 0.2) is 24.3 Å². The van der Waals surface area contributed by atoms with Gasteiger partial charge in [-0.05, 0) is 49.2 Å². The van der Waals surface area contributed by atoms with Gasteiger partial charge in [-0.1, -0.05) is 19.1 Å². The molecule has 0 radical (unpaired) electrons. The maximum atomic E-state index is 5.53. The fourth-order valence-corrected chi connectivity index (χ4v) is 2.21. The Kier molecular flexibility index (Phi) is 4.96. The molecule has 1 fully saturated rings. The zero-order valence-electron chi connectivity index (χ0n) is 10.7. The number of thiocarbonyl (C=S) groups is 1. The molecule has 18 heavy (non-hydrogen) atoms. The van der Waals surface area contributed by atoms with E-state index in [1.807, 2.05) is 0 Å². The van der Waals surface area contributed by atoms with Crippen molar-refractivity contribution in [3.63, 3.8) is 0 Å². The first-order valence-electron chi connectivity index (χ1n) is 6.53. The van der Waals surface area contributed by atoms with Gasteiger partial charge in [-0.15, -0.1) is 0 Å². The Bertz CT molecular complexity index is 385. The van der Waals surface area contributed by atoms with E-state index in [1.165, 1.54) is 5.56 Å². The highest BCUT2D eigenvalue weighted by molar-refractivity contribution is 7.80. The molecule has 0 aliphatic carbocycles. The highest BCUT2D eigenvalue weighted by atomic mass is 32.1. The third kappa shape index (κ3) is 3.96. The lowest BCUT2D eigenvalue weighted by Gasteiger charge is -2.14. The zero-order chi connectivity index (χ0) is 12.8. The average Bonchev–Trinajstić information content (AvgIpc) is 2.90. The van der Waals surface area contributed by atoms with Gasteiger partial charge in [0.15, 0.2) is 5.11 Å². The van der Waals surface area contributed by atoms with Crippen LogP contribution in [-0.2, 0) is 11.2 Å². The van der Waals surface area contributed by atoms with Crippen molar-refractivity contribution < 1.29 is 4.74 Å². The molecule has 1 saturated heterocycles. The van der Waals surface area contributed by atoms with Crippen LogP contribution in [0.2, 0.25) is 0 Å². The fourth-order valence-electron chi connectivity index (χ4n) is 2.01. The molecule has 1 atom stereocenters. The van der Waals surface area contributed by atoms with Gasteiger partial charge in [-0.2, -0.15) is 0 Å². The Labute approximate surface area is 114 Å².